The lowest BCUT2D eigenvalue weighted by Gasteiger charge is -2.07. The van der Waals surface area contributed by atoms with Gasteiger partial charge in [0.15, 0.2) is 17.2 Å². The molecule has 0 saturated heterocycles. The van der Waals surface area contributed by atoms with Crippen molar-refractivity contribution in [1.82, 2.24) is 20.2 Å². The molecule has 1 saturated carbocycles. The number of rotatable bonds is 4. The van der Waals surface area contributed by atoms with Crippen LogP contribution in [0.1, 0.15) is 25.0 Å². The summed E-state index contributed by atoms with van der Waals surface area (Å²) >= 11 is 0. The number of fused-ring (bicyclic) bond motifs is 1. The maximum Gasteiger partial charge on any atom is 0.324 e. The van der Waals surface area contributed by atoms with Crippen LogP contribution >= 0.6 is 0 Å². The van der Waals surface area contributed by atoms with Crippen molar-refractivity contribution in [3.63, 3.8) is 0 Å². The molecule has 1 fully saturated rings. The molecule has 1 aliphatic rings. The molecule has 130 valence electrons. The van der Waals surface area contributed by atoms with Gasteiger partial charge in [-0.15, -0.1) is 0 Å². The van der Waals surface area contributed by atoms with Gasteiger partial charge in [0.25, 0.3) is 0 Å². The van der Waals surface area contributed by atoms with Crippen LogP contribution in [0, 0.1) is 17.6 Å². The summed E-state index contributed by atoms with van der Waals surface area (Å²) in [6.07, 6.45) is 4.71. The Kier molecular flexibility index (Phi) is 4.04. The summed E-state index contributed by atoms with van der Waals surface area (Å²) in [5.41, 5.74) is 1.33. The lowest BCUT2D eigenvalue weighted by atomic mass is 10.0. The fourth-order valence-corrected chi connectivity index (χ4v) is 3.22. The van der Waals surface area contributed by atoms with Crippen LogP contribution in [0.5, 0.6) is 11.8 Å². The van der Waals surface area contributed by atoms with E-state index in [-0.39, 0.29) is 17.9 Å². The third-order valence-electron chi connectivity index (χ3n) is 4.47. The largest absolute Gasteiger partial charge is 0.421 e. The molecule has 2 N–H and O–H groups in total. The second-order valence-electron chi connectivity index (χ2n) is 6.31. The van der Waals surface area contributed by atoms with E-state index in [2.05, 4.69) is 20.2 Å². The number of aliphatic hydroxyl groups excluding tert-OH is 1. The van der Waals surface area contributed by atoms with E-state index >= 15 is 0 Å². The fraction of sp³-hybridized carbons (Fsp3) is 0.353. The Morgan fingerprint density at radius 2 is 2.16 bits per heavy atom. The number of aromatic nitrogens is 4. The van der Waals surface area contributed by atoms with Crippen molar-refractivity contribution < 1.29 is 18.6 Å². The zero-order chi connectivity index (χ0) is 17.4. The lowest BCUT2D eigenvalue weighted by Crippen LogP contribution is -2.03. The predicted octanol–water partition coefficient (Wildman–Crippen LogP) is 3.13. The smallest absolute Gasteiger partial charge is 0.324 e. The van der Waals surface area contributed by atoms with Gasteiger partial charge in [0, 0.05) is 18.0 Å². The van der Waals surface area contributed by atoms with Gasteiger partial charge in [-0.25, -0.2) is 13.8 Å². The van der Waals surface area contributed by atoms with Crippen molar-refractivity contribution in [2.75, 3.05) is 0 Å². The Morgan fingerprint density at radius 1 is 1.28 bits per heavy atom. The number of aromatic amines is 1. The van der Waals surface area contributed by atoms with Crippen molar-refractivity contribution in [3.05, 3.63) is 41.7 Å². The van der Waals surface area contributed by atoms with Crippen molar-refractivity contribution in [1.29, 1.82) is 0 Å². The monoisotopic (exact) mass is 346 g/mol. The molecular formula is C17H16F2N4O2. The lowest BCUT2D eigenvalue weighted by molar-refractivity contribution is 0.177. The van der Waals surface area contributed by atoms with Crippen LogP contribution in [0.2, 0.25) is 0 Å². The Bertz CT molecular complexity index is 915. The van der Waals surface area contributed by atoms with E-state index in [1.54, 1.807) is 6.20 Å². The van der Waals surface area contributed by atoms with Gasteiger partial charge in [0.2, 0.25) is 0 Å². The number of H-pyrrole nitrogens is 1. The van der Waals surface area contributed by atoms with Crippen LogP contribution in [-0.4, -0.2) is 31.4 Å². The zero-order valence-corrected chi connectivity index (χ0v) is 13.2. The average Bonchev–Trinajstić information content (AvgIpc) is 3.17. The molecule has 2 heterocycles. The van der Waals surface area contributed by atoms with Gasteiger partial charge in [-0.1, -0.05) is 0 Å². The van der Waals surface area contributed by atoms with Gasteiger partial charge in [-0.3, -0.25) is 5.10 Å². The van der Waals surface area contributed by atoms with Gasteiger partial charge in [0.1, 0.15) is 5.82 Å². The third kappa shape index (κ3) is 3.30. The number of halogens is 2. The minimum atomic E-state index is -0.828. The van der Waals surface area contributed by atoms with Crippen molar-refractivity contribution in [2.45, 2.75) is 31.8 Å². The highest BCUT2D eigenvalue weighted by Crippen LogP contribution is 2.30. The van der Waals surface area contributed by atoms with Gasteiger partial charge >= 0.3 is 6.01 Å². The van der Waals surface area contributed by atoms with Gasteiger partial charge in [-0.2, -0.15) is 10.1 Å². The maximum atomic E-state index is 13.7. The Morgan fingerprint density at radius 3 is 2.92 bits per heavy atom. The molecule has 0 unspecified atom stereocenters. The van der Waals surface area contributed by atoms with Crippen LogP contribution in [0.25, 0.3) is 11.0 Å². The van der Waals surface area contributed by atoms with E-state index in [0.29, 0.717) is 11.6 Å². The van der Waals surface area contributed by atoms with Crippen LogP contribution < -0.4 is 4.74 Å². The van der Waals surface area contributed by atoms with Gasteiger partial charge in [-0.05, 0) is 43.7 Å². The van der Waals surface area contributed by atoms with E-state index < -0.39 is 11.6 Å². The Hall–Kier alpha value is -2.61. The number of nitrogens with zero attached hydrogens (tertiary/aromatic N) is 3. The van der Waals surface area contributed by atoms with E-state index in [1.165, 1.54) is 6.07 Å². The number of hydrogen-bond acceptors (Lipinski definition) is 5. The highest BCUT2D eigenvalue weighted by atomic mass is 19.1. The standard InChI is InChI=1S/C17H16F2N4O2/c18-10-2-4-15(13(19)7-10)25-17-20-8-12-14(22-23-16(12)21-17)6-9-1-3-11(24)5-9/h2,4,7-9,11,24H,1,3,5-6H2,(H,20,21,22,23)/t9-,11+/m0/s1. The fourth-order valence-electron chi connectivity index (χ4n) is 3.22. The summed E-state index contributed by atoms with van der Waals surface area (Å²) in [6.45, 7) is 0. The molecule has 1 aliphatic carbocycles. The minimum Gasteiger partial charge on any atom is -0.421 e. The van der Waals surface area contributed by atoms with Crippen molar-refractivity contribution >= 4 is 11.0 Å². The first-order chi connectivity index (χ1) is 12.1. The number of benzene rings is 1. The van der Waals surface area contributed by atoms with E-state index in [9.17, 15) is 13.9 Å². The number of ether oxygens (including phenoxy) is 1. The molecule has 2 aromatic heterocycles. The van der Waals surface area contributed by atoms with E-state index in [0.717, 1.165) is 48.9 Å². The van der Waals surface area contributed by atoms with Crippen LogP contribution in [-0.2, 0) is 6.42 Å². The quantitative estimate of drug-likeness (QED) is 0.758. The van der Waals surface area contributed by atoms with E-state index in [4.69, 9.17) is 4.74 Å². The minimum absolute atomic E-state index is 0.0626. The van der Waals surface area contributed by atoms with Crippen LogP contribution in [0.15, 0.2) is 24.4 Å². The molecule has 0 radical (unpaired) electrons. The molecule has 0 spiro atoms. The molecule has 0 aliphatic heterocycles. The molecule has 4 rings (SSSR count). The zero-order valence-electron chi connectivity index (χ0n) is 13.2. The molecule has 3 aromatic rings. The first-order valence-electron chi connectivity index (χ1n) is 8.09. The molecule has 8 heteroatoms. The van der Waals surface area contributed by atoms with Crippen LogP contribution in [0.4, 0.5) is 8.78 Å². The first-order valence-corrected chi connectivity index (χ1v) is 8.09. The summed E-state index contributed by atoms with van der Waals surface area (Å²) in [7, 11) is 0. The van der Waals surface area contributed by atoms with Crippen molar-refractivity contribution in [3.8, 4) is 11.8 Å². The SMILES string of the molecule is O[C@@H]1CC[C@H](Cc2[nH]nc3nc(Oc4ccc(F)cc4F)ncc23)C1. The highest BCUT2D eigenvalue weighted by molar-refractivity contribution is 5.76. The molecular weight excluding hydrogens is 330 g/mol. The summed E-state index contributed by atoms with van der Waals surface area (Å²) in [6, 6.07) is 2.95. The van der Waals surface area contributed by atoms with Crippen LogP contribution in [0.3, 0.4) is 0 Å². The van der Waals surface area contributed by atoms with Crippen molar-refractivity contribution in [2.24, 2.45) is 5.92 Å². The van der Waals surface area contributed by atoms with Gasteiger partial charge in [0.05, 0.1) is 11.5 Å². The third-order valence-corrected chi connectivity index (χ3v) is 4.47. The highest BCUT2D eigenvalue weighted by Gasteiger charge is 2.24. The first kappa shape index (κ1) is 15.9. The molecule has 1 aromatic carbocycles. The van der Waals surface area contributed by atoms with E-state index in [1.807, 2.05) is 0 Å². The molecule has 25 heavy (non-hydrogen) atoms. The van der Waals surface area contributed by atoms with Gasteiger partial charge < -0.3 is 9.84 Å². The summed E-state index contributed by atoms with van der Waals surface area (Å²) in [4.78, 5) is 8.24. The predicted molar refractivity (Wildman–Crippen MR) is 85.2 cm³/mol. The molecule has 0 bridgehead atoms. The Labute approximate surface area is 141 Å². The number of hydrogen-bond donors (Lipinski definition) is 2. The topological polar surface area (TPSA) is 83.9 Å². The maximum absolute atomic E-state index is 13.7. The second kappa shape index (κ2) is 6.36. The summed E-state index contributed by atoms with van der Waals surface area (Å²) in [5, 5.41) is 17.5. The molecule has 0 amide bonds. The second-order valence-corrected chi connectivity index (χ2v) is 6.31. The molecule has 2 atom stereocenters. The average molecular weight is 346 g/mol. The number of nitrogens with one attached hydrogen (secondary N) is 1. The Balaban J connectivity index is 1.55. The normalized spacial score (nSPS) is 20.3. The number of aliphatic hydroxyl groups is 1. The summed E-state index contributed by atoms with van der Waals surface area (Å²) in [5.74, 6) is -1.26. The summed E-state index contributed by atoms with van der Waals surface area (Å²) < 4.78 is 31.9. The molecule has 6 nitrogen and oxygen atoms in total.